The summed E-state index contributed by atoms with van der Waals surface area (Å²) < 4.78 is 10.9. The molecule has 146 valence electrons. The van der Waals surface area contributed by atoms with Crippen molar-refractivity contribution in [3.8, 4) is 22.1 Å². The van der Waals surface area contributed by atoms with E-state index < -0.39 is 0 Å². The molecule has 0 spiro atoms. The number of hydrogen-bond donors (Lipinski definition) is 1. The topological polar surface area (TPSA) is 46.6 Å². The summed E-state index contributed by atoms with van der Waals surface area (Å²) in [6, 6.07) is 6.50. The molecule has 1 fully saturated rings. The van der Waals surface area contributed by atoms with Gasteiger partial charge in [0.1, 0.15) is 5.01 Å². The molecule has 0 bridgehead atoms. The molecular formula is C18H27Cl2N3O2S. The van der Waals surface area contributed by atoms with Crippen LogP contribution in [0.3, 0.4) is 0 Å². The maximum Gasteiger partial charge on any atom is 0.170 e. The van der Waals surface area contributed by atoms with E-state index >= 15 is 0 Å². The van der Waals surface area contributed by atoms with Crippen molar-refractivity contribution in [2.24, 2.45) is 0 Å². The van der Waals surface area contributed by atoms with Gasteiger partial charge >= 0.3 is 0 Å². The fourth-order valence-corrected chi connectivity index (χ4v) is 4.06. The van der Waals surface area contributed by atoms with Gasteiger partial charge in [0.15, 0.2) is 11.5 Å². The molecule has 1 aromatic heterocycles. The number of para-hydroxylation sites is 1. The van der Waals surface area contributed by atoms with Crippen LogP contribution in [0.15, 0.2) is 23.6 Å². The Hall–Kier alpha value is -1.05. The maximum absolute atomic E-state index is 5.53. The Morgan fingerprint density at radius 3 is 2.77 bits per heavy atom. The van der Waals surface area contributed by atoms with Gasteiger partial charge in [0.05, 0.1) is 25.5 Å². The SMILES string of the molecule is CNC1CCCN(Cc2csc(-c3cccc(OC)c3OC)n2)C1.Cl.Cl. The van der Waals surface area contributed by atoms with Crippen molar-refractivity contribution in [3.63, 3.8) is 0 Å². The lowest BCUT2D eigenvalue weighted by molar-refractivity contribution is 0.186. The lowest BCUT2D eigenvalue weighted by atomic mass is 10.1. The number of hydrogen-bond acceptors (Lipinski definition) is 6. The zero-order chi connectivity index (χ0) is 16.9. The minimum absolute atomic E-state index is 0. The number of halogens is 2. The molecule has 0 amide bonds. The molecule has 2 heterocycles. The smallest absolute Gasteiger partial charge is 0.170 e. The van der Waals surface area contributed by atoms with Crippen molar-refractivity contribution in [1.82, 2.24) is 15.2 Å². The second kappa shape index (κ2) is 10.9. The summed E-state index contributed by atoms with van der Waals surface area (Å²) in [7, 11) is 5.37. The molecule has 26 heavy (non-hydrogen) atoms. The van der Waals surface area contributed by atoms with Gasteiger partial charge in [-0.15, -0.1) is 36.2 Å². The first-order chi connectivity index (χ1) is 11.7. The molecule has 0 aliphatic carbocycles. The number of thiazole rings is 1. The van der Waals surface area contributed by atoms with E-state index in [4.69, 9.17) is 14.5 Å². The molecule has 5 nitrogen and oxygen atoms in total. The van der Waals surface area contributed by atoms with Crippen molar-refractivity contribution in [1.29, 1.82) is 0 Å². The van der Waals surface area contributed by atoms with Crippen molar-refractivity contribution in [2.45, 2.75) is 25.4 Å². The normalized spacial score (nSPS) is 17.1. The summed E-state index contributed by atoms with van der Waals surface area (Å²) >= 11 is 1.66. The van der Waals surface area contributed by atoms with Crippen LogP contribution in [0.4, 0.5) is 0 Å². The molecule has 0 radical (unpaired) electrons. The molecule has 1 saturated heterocycles. The van der Waals surface area contributed by atoms with Crippen LogP contribution in [0.5, 0.6) is 11.5 Å². The van der Waals surface area contributed by atoms with E-state index in [0.717, 1.165) is 47.4 Å². The van der Waals surface area contributed by atoms with Crippen LogP contribution in [0.1, 0.15) is 18.5 Å². The quantitative estimate of drug-likeness (QED) is 0.769. The molecule has 2 aromatic rings. The van der Waals surface area contributed by atoms with Crippen molar-refractivity contribution in [3.05, 3.63) is 29.3 Å². The van der Waals surface area contributed by atoms with Gasteiger partial charge < -0.3 is 14.8 Å². The third-order valence-corrected chi connectivity index (χ3v) is 5.41. The number of benzene rings is 1. The summed E-state index contributed by atoms with van der Waals surface area (Å²) in [5.74, 6) is 1.48. The van der Waals surface area contributed by atoms with Crippen LogP contribution in [-0.2, 0) is 6.54 Å². The highest BCUT2D eigenvalue weighted by Gasteiger charge is 2.20. The van der Waals surface area contributed by atoms with Gasteiger partial charge in [-0.2, -0.15) is 0 Å². The Balaban J connectivity index is 0.00000169. The molecule has 1 atom stereocenters. The Kier molecular flexibility index (Phi) is 9.68. The van der Waals surface area contributed by atoms with E-state index in [0.29, 0.717) is 6.04 Å². The molecule has 3 rings (SSSR count). The number of aromatic nitrogens is 1. The molecule has 1 aromatic carbocycles. The number of rotatable bonds is 6. The van der Waals surface area contributed by atoms with Gasteiger partial charge in [-0.05, 0) is 38.6 Å². The number of likely N-dealkylation sites (N-methyl/N-ethyl adjacent to an activating group) is 1. The highest BCUT2D eigenvalue weighted by Crippen LogP contribution is 2.39. The van der Waals surface area contributed by atoms with Crippen LogP contribution >= 0.6 is 36.2 Å². The molecule has 1 N–H and O–H groups in total. The average Bonchev–Trinajstić information content (AvgIpc) is 3.09. The Morgan fingerprint density at radius 1 is 1.27 bits per heavy atom. The van der Waals surface area contributed by atoms with E-state index in [1.54, 1.807) is 25.6 Å². The van der Waals surface area contributed by atoms with Crippen molar-refractivity contribution >= 4 is 36.2 Å². The third kappa shape index (κ3) is 5.24. The molecule has 1 aliphatic rings. The zero-order valence-electron chi connectivity index (χ0n) is 15.4. The number of nitrogens with zero attached hydrogens (tertiary/aromatic N) is 2. The zero-order valence-corrected chi connectivity index (χ0v) is 17.8. The van der Waals surface area contributed by atoms with Gasteiger partial charge in [-0.1, -0.05) is 6.07 Å². The van der Waals surface area contributed by atoms with Crippen molar-refractivity contribution in [2.75, 3.05) is 34.4 Å². The first-order valence-corrected chi connectivity index (χ1v) is 9.18. The lowest BCUT2D eigenvalue weighted by Crippen LogP contribution is -2.43. The van der Waals surface area contributed by atoms with E-state index in [1.165, 1.54) is 12.8 Å². The Labute approximate surface area is 171 Å². The average molecular weight is 420 g/mol. The summed E-state index contributed by atoms with van der Waals surface area (Å²) in [4.78, 5) is 7.31. The van der Waals surface area contributed by atoms with E-state index in [-0.39, 0.29) is 24.8 Å². The Morgan fingerprint density at radius 2 is 2.08 bits per heavy atom. The summed E-state index contributed by atoms with van der Waals surface area (Å²) in [6.07, 6.45) is 2.50. The largest absolute Gasteiger partial charge is 0.493 e. The molecular weight excluding hydrogens is 393 g/mol. The first-order valence-electron chi connectivity index (χ1n) is 8.30. The van der Waals surface area contributed by atoms with Crippen LogP contribution in [0.2, 0.25) is 0 Å². The highest BCUT2D eigenvalue weighted by atomic mass is 35.5. The number of nitrogens with one attached hydrogen (secondary N) is 1. The maximum atomic E-state index is 5.53. The monoisotopic (exact) mass is 419 g/mol. The molecule has 1 unspecified atom stereocenters. The fraction of sp³-hybridized carbons (Fsp3) is 0.500. The standard InChI is InChI=1S/C18H25N3O2S.2ClH/c1-19-13-6-5-9-21(10-13)11-14-12-24-18(20-14)15-7-4-8-16(22-2)17(15)23-3;;/h4,7-8,12-13,19H,5-6,9-11H2,1-3H3;2*1H. The minimum atomic E-state index is 0. The first kappa shape index (κ1) is 23.0. The van der Waals surface area contributed by atoms with Crippen molar-refractivity contribution < 1.29 is 9.47 Å². The molecule has 1 aliphatic heterocycles. The van der Waals surface area contributed by atoms with Gasteiger partial charge in [0.25, 0.3) is 0 Å². The summed E-state index contributed by atoms with van der Waals surface area (Å²) in [6.45, 7) is 3.14. The van der Waals surface area contributed by atoms with Crippen LogP contribution in [-0.4, -0.2) is 50.3 Å². The number of likely N-dealkylation sites (tertiary alicyclic amines) is 1. The van der Waals surface area contributed by atoms with Gasteiger partial charge in [-0.3, -0.25) is 4.90 Å². The van der Waals surface area contributed by atoms with E-state index in [9.17, 15) is 0 Å². The van der Waals surface area contributed by atoms with Gasteiger partial charge in [0, 0.05) is 24.5 Å². The van der Waals surface area contributed by atoms with Gasteiger partial charge in [0.2, 0.25) is 0 Å². The predicted molar refractivity (Wildman–Crippen MR) is 113 cm³/mol. The van der Waals surface area contributed by atoms with Crippen LogP contribution in [0.25, 0.3) is 10.6 Å². The Bertz CT molecular complexity index is 684. The number of methoxy groups -OCH3 is 2. The molecule has 0 saturated carbocycles. The number of piperidine rings is 1. The predicted octanol–water partition coefficient (Wildman–Crippen LogP) is 3.85. The van der Waals surface area contributed by atoms with Crippen LogP contribution < -0.4 is 14.8 Å². The third-order valence-electron chi connectivity index (χ3n) is 4.48. The highest BCUT2D eigenvalue weighted by molar-refractivity contribution is 7.13. The summed E-state index contributed by atoms with van der Waals surface area (Å²) in [5, 5.41) is 6.51. The molecule has 8 heteroatoms. The van der Waals surface area contributed by atoms with E-state index in [2.05, 4.69) is 15.6 Å². The van der Waals surface area contributed by atoms with Gasteiger partial charge in [-0.25, -0.2) is 4.98 Å². The van der Waals surface area contributed by atoms with Crippen LogP contribution in [0, 0.1) is 0 Å². The second-order valence-electron chi connectivity index (χ2n) is 6.05. The summed E-state index contributed by atoms with van der Waals surface area (Å²) in [5.41, 5.74) is 2.11. The second-order valence-corrected chi connectivity index (χ2v) is 6.91. The fourth-order valence-electron chi connectivity index (χ4n) is 3.22. The lowest BCUT2D eigenvalue weighted by Gasteiger charge is -2.31. The van der Waals surface area contributed by atoms with E-state index in [1.807, 2.05) is 25.2 Å². The number of ether oxygens (including phenoxy) is 2. The minimum Gasteiger partial charge on any atom is -0.493 e.